The van der Waals surface area contributed by atoms with Gasteiger partial charge in [0.1, 0.15) is 5.75 Å². The monoisotopic (exact) mass is 524 g/mol. The number of hydrogen-bond donors (Lipinski definition) is 1. The van der Waals surface area contributed by atoms with Crippen LogP contribution in [0.2, 0.25) is 0 Å². The van der Waals surface area contributed by atoms with Crippen molar-refractivity contribution in [3.63, 3.8) is 0 Å². The Labute approximate surface area is 228 Å². The Morgan fingerprint density at radius 3 is 2.31 bits per heavy atom. The molecule has 0 spiro atoms. The number of rotatable bonds is 5. The number of benzene rings is 3. The molecule has 8 heteroatoms. The van der Waals surface area contributed by atoms with Crippen molar-refractivity contribution in [2.24, 2.45) is 11.8 Å². The van der Waals surface area contributed by atoms with Gasteiger partial charge in [0, 0.05) is 37.6 Å². The lowest BCUT2D eigenvalue weighted by atomic mass is 9.93. The molecule has 0 radical (unpaired) electrons. The Balaban J connectivity index is 1.38. The van der Waals surface area contributed by atoms with E-state index in [1.807, 2.05) is 79.7 Å². The smallest absolute Gasteiger partial charge is 0.410 e. The molecule has 4 unspecified atom stereocenters. The second kappa shape index (κ2) is 10.1. The van der Waals surface area contributed by atoms with Crippen molar-refractivity contribution < 1.29 is 19.1 Å². The standard InChI is InChI=1S/C31H32N4O4/c1-33(2)23-11-8-12-24(19-23)39-31(38)32-28-29(36)34(22-9-4-3-5-10-22)25-13-6-7-14-26(25)35(30(28)37)27-18-20-15-16-21(27)17-20/h3-14,19-21,27-28H,15-18H2,1-2H3,(H,32,38). The minimum absolute atomic E-state index is 0.0157. The topological polar surface area (TPSA) is 82.2 Å². The summed E-state index contributed by atoms with van der Waals surface area (Å²) in [5.74, 6) is 0.336. The lowest BCUT2D eigenvalue weighted by Gasteiger charge is -2.35. The van der Waals surface area contributed by atoms with Crippen LogP contribution in [-0.2, 0) is 9.59 Å². The molecule has 3 aromatic carbocycles. The normalized spacial score (nSPS) is 23.8. The number of ether oxygens (including phenoxy) is 1. The summed E-state index contributed by atoms with van der Waals surface area (Å²) in [5, 5.41) is 2.63. The second-order valence-corrected chi connectivity index (χ2v) is 10.8. The highest BCUT2D eigenvalue weighted by atomic mass is 16.6. The highest BCUT2D eigenvalue weighted by molar-refractivity contribution is 6.23. The van der Waals surface area contributed by atoms with Gasteiger partial charge in [-0.2, -0.15) is 0 Å². The Kier molecular flexibility index (Phi) is 6.46. The van der Waals surface area contributed by atoms with Gasteiger partial charge in [-0.3, -0.25) is 14.5 Å². The highest BCUT2D eigenvalue weighted by Crippen LogP contribution is 2.50. The van der Waals surface area contributed by atoms with Crippen molar-refractivity contribution in [2.75, 3.05) is 28.8 Å². The van der Waals surface area contributed by atoms with Crippen LogP contribution in [0.3, 0.4) is 0 Å². The quantitative estimate of drug-likeness (QED) is 0.469. The molecule has 2 saturated carbocycles. The van der Waals surface area contributed by atoms with Gasteiger partial charge in [0.15, 0.2) is 6.04 Å². The molecule has 2 bridgehead atoms. The molecule has 39 heavy (non-hydrogen) atoms. The molecule has 3 aromatic rings. The molecule has 1 heterocycles. The molecular weight excluding hydrogens is 492 g/mol. The maximum atomic E-state index is 14.3. The summed E-state index contributed by atoms with van der Waals surface area (Å²) >= 11 is 0. The molecule has 200 valence electrons. The van der Waals surface area contributed by atoms with E-state index in [0.29, 0.717) is 34.6 Å². The summed E-state index contributed by atoms with van der Waals surface area (Å²) in [6.07, 6.45) is 3.39. The molecule has 2 aliphatic carbocycles. The van der Waals surface area contributed by atoms with Gasteiger partial charge >= 0.3 is 6.09 Å². The van der Waals surface area contributed by atoms with Crippen LogP contribution in [0.4, 0.5) is 27.5 Å². The largest absolute Gasteiger partial charge is 0.413 e. The average Bonchev–Trinajstić information content (AvgIpc) is 3.55. The van der Waals surface area contributed by atoms with Crippen molar-refractivity contribution >= 4 is 40.7 Å². The number of amides is 3. The van der Waals surface area contributed by atoms with Crippen LogP contribution in [0.25, 0.3) is 0 Å². The van der Waals surface area contributed by atoms with Crippen molar-refractivity contribution in [3.8, 4) is 5.75 Å². The molecule has 0 saturated heterocycles. The number of anilines is 4. The van der Waals surface area contributed by atoms with Crippen LogP contribution in [0, 0.1) is 11.8 Å². The fourth-order valence-corrected chi connectivity index (χ4v) is 6.38. The number of carbonyl (C=O) groups excluding carboxylic acids is 3. The molecule has 1 N–H and O–H groups in total. The van der Waals surface area contributed by atoms with E-state index in [1.165, 1.54) is 11.3 Å². The van der Waals surface area contributed by atoms with E-state index in [9.17, 15) is 14.4 Å². The number of fused-ring (bicyclic) bond motifs is 3. The Morgan fingerprint density at radius 1 is 0.872 bits per heavy atom. The van der Waals surface area contributed by atoms with Crippen molar-refractivity contribution in [3.05, 3.63) is 78.9 Å². The van der Waals surface area contributed by atoms with E-state index in [0.717, 1.165) is 24.9 Å². The summed E-state index contributed by atoms with van der Waals surface area (Å²) in [6, 6.07) is 22.3. The molecule has 6 rings (SSSR count). The number of nitrogens with one attached hydrogen (secondary N) is 1. The van der Waals surface area contributed by atoms with E-state index in [1.54, 1.807) is 23.1 Å². The molecular formula is C31H32N4O4. The number of hydrogen-bond acceptors (Lipinski definition) is 5. The third kappa shape index (κ3) is 4.60. The Hall–Kier alpha value is -4.33. The molecule has 8 nitrogen and oxygen atoms in total. The molecule has 4 atom stereocenters. The number of nitrogens with zero attached hydrogens (tertiary/aromatic N) is 3. The van der Waals surface area contributed by atoms with Crippen LogP contribution in [0.15, 0.2) is 78.9 Å². The molecule has 3 amide bonds. The zero-order chi connectivity index (χ0) is 27.1. The van der Waals surface area contributed by atoms with Crippen LogP contribution in [0.1, 0.15) is 25.7 Å². The third-order valence-corrected chi connectivity index (χ3v) is 8.19. The van der Waals surface area contributed by atoms with Gasteiger partial charge in [-0.05, 0) is 67.5 Å². The van der Waals surface area contributed by atoms with E-state index < -0.39 is 23.9 Å². The van der Waals surface area contributed by atoms with Gasteiger partial charge < -0.3 is 19.9 Å². The zero-order valence-electron chi connectivity index (χ0n) is 22.1. The van der Waals surface area contributed by atoms with E-state index >= 15 is 0 Å². The Bertz CT molecular complexity index is 1410. The minimum Gasteiger partial charge on any atom is -0.410 e. The lowest BCUT2D eigenvalue weighted by molar-refractivity contribution is -0.129. The van der Waals surface area contributed by atoms with Crippen molar-refractivity contribution in [1.29, 1.82) is 0 Å². The Morgan fingerprint density at radius 2 is 1.62 bits per heavy atom. The van der Waals surface area contributed by atoms with Crippen molar-refractivity contribution in [1.82, 2.24) is 5.32 Å². The summed E-state index contributed by atoms with van der Waals surface area (Å²) in [5.41, 5.74) is 2.79. The third-order valence-electron chi connectivity index (χ3n) is 8.19. The van der Waals surface area contributed by atoms with Gasteiger partial charge in [-0.25, -0.2) is 4.79 Å². The first-order valence-corrected chi connectivity index (χ1v) is 13.5. The van der Waals surface area contributed by atoms with E-state index in [4.69, 9.17) is 4.74 Å². The first-order chi connectivity index (χ1) is 18.9. The summed E-state index contributed by atoms with van der Waals surface area (Å²) in [6.45, 7) is 0. The second-order valence-electron chi connectivity index (χ2n) is 10.8. The molecule has 2 fully saturated rings. The number of carbonyl (C=O) groups is 3. The molecule has 0 aromatic heterocycles. The van der Waals surface area contributed by atoms with Gasteiger partial charge in [0.25, 0.3) is 11.8 Å². The van der Waals surface area contributed by atoms with Crippen LogP contribution < -0.4 is 24.8 Å². The predicted molar refractivity (Wildman–Crippen MR) is 150 cm³/mol. The highest BCUT2D eigenvalue weighted by Gasteiger charge is 2.50. The van der Waals surface area contributed by atoms with Crippen LogP contribution in [0.5, 0.6) is 5.75 Å². The maximum Gasteiger partial charge on any atom is 0.413 e. The van der Waals surface area contributed by atoms with Crippen molar-refractivity contribution in [2.45, 2.75) is 37.8 Å². The molecule has 1 aliphatic heterocycles. The fourth-order valence-electron chi connectivity index (χ4n) is 6.38. The van der Waals surface area contributed by atoms with Gasteiger partial charge in [-0.15, -0.1) is 0 Å². The van der Waals surface area contributed by atoms with E-state index in [-0.39, 0.29) is 6.04 Å². The van der Waals surface area contributed by atoms with Gasteiger partial charge in [0.2, 0.25) is 0 Å². The van der Waals surface area contributed by atoms with Gasteiger partial charge in [0.05, 0.1) is 11.4 Å². The van der Waals surface area contributed by atoms with E-state index in [2.05, 4.69) is 5.32 Å². The average molecular weight is 525 g/mol. The lowest BCUT2D eigenvalue weighted by Crippen LogP contribution is -2.57. The fraction of sp³-hybridized carbons (Fsp3) is 0.323. The summed E-state index contributed by atoms with van der Waals surface area (Å²) in [4.78, 5) is 46.8. The number of para-hydroxylation sites is 3. The first-order valence-electron chi connectivity index (χ1n) is 13.5. The minimum atomic E-state index is -1.44. The maximum absolute atomic E-state index is 14.3. The SMILES string of the molecule is CN(C)c1cccc(OC(=O)NC2C(=O)N(c3ccccc3)c3ccccc3N(C3CC4CCC3C4)C2=O)c1. The summed E-state index contributed by atoms with van der Waals surface area (Å²) < 4.78 is 5.56. The molecule has 3 aliphatic rings. The summed E-state index contributed by atoms with van der Waals surface area (Å²) in [7, 11) is 3.78. The predicted octanol–water partition coefficient (Wildman–Crippen LogP) is 5.11. The van der Waals surface area contributed by atoms with Gasteiger partial charge in [-0.1, -0.05) is 42.8 Å². The first kappa shape index (κ1) is 25.0. The van der Waals surface area contributed by atoms with Crippen LogP contribution >= 0.6 is 0 Å². The van der Waals surface area contributed by atoms with Crippen LogP contribution in [-0.4, -0.2) is 44.1 Å². The zero-order valence-corrected chi connectivity index (χ0v) is 22.1.